The minimum absolute atomic E-state index is 0.241. The number of hydrogen-bond acceptors (Lipinski definition) is 1. The minimum atomic E-state index is -4.46. The zero-order chi connectivity index (χ0) is 13.2. The van der Waals surface area contributed by atoms with Crippen LogP contribution >= 0.6 is 0 Å². The van der Waals surface area contributed by atoms with E-state index in [0.29, 0.717) is 0 Å². The molecule has 6 heteroatoms. The maximum atomic E-state index is 12.2. The Morgan fingerprint density at radius 3 is 1.88 bits per heavy atom. The van der Waals surface area contributed by atoms with Crippen molar-refractivity contribution in [3.8, 4) is 0 Å². The predicted molar refractivity (Wildman–Crippen MR) is 51.9 cm³/mol. The fourth-order valence-electron chi connectivity index (χ4n) is 1.39. The standard InChI is InChI=1S/C11H11F5O/c1-6(9(17)10(12)13)7-2-4-8(5-3-7)11(14,15)16/h2-6,9-10,17H,1H3. The van der Waals surface area contributed by atoms with Gasteiger partial charge in [0.15, 0.2) is 0 Å². The molecule has 0 radical (unpaired) electrons. The summed E-state index contributed by atoms with van der Waals surface area (Å²) in [7, 11) is 0. The summed E-state index contributed by atoms with van der Waals surface area (Å²) in [5.41, 5.74) is -0.606. The number of halogens is 5. The molecular formula is C11H11F5O. The molecular weight excluding hydrogens is 243 g/mol. The van der Waals surface area contributed by atoms with Crippen molar-refractivity contribution in [3.63, 3.8) is 0 Å². The van der Waals surface area contributed by atoms with Crippen LogP contribution in [0.3, 0.4) is 0 Å². The van der Waals surface area contributed by atoms with Crippen molar-refractivity contribution < 1.29 is 27.1 Å². The summed E-state index contributed by atoms with van der Waals surface area (Å²) in [6.07, 6.45) is -9.26. The molecule has 0 aliphatic carbocycles. The molecule has 0 saturated carbocycles. The molecule has 1 nitrogen and oxygen atoms in total. The van der Waals surface area contributed by atoms with E-state index in [4.69, 9.17) is 5.11 Å². The van der Waals surface area contributed by atoms with E-state index in [0.717, 1.165) is 24.3 Å². The Labute approximate surface area is 94.9 Å². The van der Waals surface area contributed by atoms with Crippen LogP contribution in [0.1, 0.15) is 24.0 Å². The Morgan fingerprint density at radius 2 is 1.53 bits per heavy atom. The highest BCUT2D eigenvalue weighted by atomic mass is 19.4. The Morgan fingerprint density at radius 1 is 1.06 bits per heavy atom. The summed E-state index contributed by atoms with van der Waals surface area (Å²) in [4.78, 5) is 0. The molecule has 0 fully saturated rings. The topological polar surface area (TPSA) is 20.2 Å². The highest BCUT2D eigenvalue weighted by Crippen LogP contribution is 2.31. The van der Waals surface area contributed by atoms with E-state index in [-0.39, 0.29) is 5.56 Å². The summed E-state index contributed by atoms with van der Waals surface area (Å²) < 4.78 is 61.1. The van der Waals surface area contributed by atoms with Gasteiger partial charge in [0.1, 0.15) is 6.10 Å². The SMILES string of the molecule is CC(c1ccc(C(F)(F)F)cc1)C(O)C(F)F. The van der Waals surface area contributed by atoms with Gasteiger partial charge in [0, 0.05) is 5.92 Å². The zero-order valence-electron chi connectivity index (χ0n) is 8.88. The molecule has 1 N–H and O–H groups in total. The number of rotatable bonds is 3. The monoisotopic (exact) mass is 254 g/mol. The second-order valence-electron chi connectivity index (χ2n) is 3.73. The van der Waals surface area contributed by atoms with Crippen LogP contribution < -0.4 is 0 Å². The van der Waals surface area contributed by atoms with Crippen molar-refractivity contribution in [3.05, 3.63) is 35.4 Å². The van der Waals surface area contributed by atoms with Gasteiger partial charge >= 0.3 is 6.18 Å². The average Bonchev–Trinajstić information content (AvgIpc) is 2.26. The van der Waals surface area contributed by atoms with Crippen molar-refractivity contribution in [1.82, 2.24) is 0 Å². The summed E-state index contributed by atoms with van der Waals surface area (Å²) in [5, 5.41) is 9.11. The summed E-state index contributed by atoms with van der Waals surface area (Å²) in [6, 6.07) is 3.81. The number of alkyl halides is 5. The van der Waals surface area contributed by atoms with E-state index in [1.54, 1.807) is 0 Å². The maximum Gasteiger partial charge on any atom is 0.416 e. The molecule has 1 rings (SSSR count). The van der Waals surface area contributed by atoms with Crippen LogP contribution in [0.25, 0.3) is 0 Å². The van der Waals surface area contributed by atoms with E-state index in [9.17, 15) is 22.0 Å². The Bertz CT molecular complexity index is 357. The number of hydrogen-bond donors (Lipinski definition) is 1. The molecule has 0 saturated heterocycles. The second-order valence-corrected chi connectivity index (χ2v) is 3.73. The lowest BCUT2D eigenvalue weighted by Crippen LogP contribution is -2.24. The molecule has 0 aliphatic heterocycles. The van der Waals surface area contributed by atoms with Gasteiger partial charge in [-0.05, 0) is 17.7 Å². The number of aliphatic hydroxyl groups excluding tert-OH is 1. The fourth-order valence-corrected chi connectivity index (χ4v) is 1.39. The van der Waals surface area contributed by atoms with Gasteiger partial charge in [-0.25, -0.2) is 8.78 Å². The average molecular weight is 254 g/mol. The van der Waals surface area contributed by atoms with Crippen LogP contribution in [0.5, 0.6) is 0 Å². The fraction of sp³-hybridized carbons (Fsp3) is 0.455. The summed E-state index contributed by atoms with van der Waals surface area (Å²) >= 11 is 0. The molecule has 0 aliphatic rings. The summed E-state index contributed by atoms with van der Waals surface area (Å²) in [5.74, 6) is -0.919. The molecule has 2 atom stereocenters. The largest absolute Gasteiger partial charge is 0.416 e. The molecule has 0 heterocycles. The van der Waals surface area contributed by atoms with Gasteiger partial charge in [-0.2, -0.15) is 13.2 Å². The first-order valence-electron chi connectivity index (χ1n) is 4.87. The molecule has 0 spiro atoms. The van der Waals surface area contributed by atoms with Gasteiger partial charge in [-0.3, -0.25) is 0 Å². The van der Waals surface area contributed by atoms with Crippen molar-refractivity contribution in [2.75, 3.05) is 0 Å². The molecule has 0 amide bonds. The van der Waals surface area contributed by atoms with Crippen molar-refractivity contribution >= 4 is 0 Å². The molecule has 0 aromatic heterocycles. The third-order valence-corrected chi connectivity index (χ3v) is 2.53. The first-order valence-corrected chi connectivity index (χ1v) is 4.87. The van der Waals surface area contributed by atoms with Crippen LogP contribution in [0, 0.1) is 0 Å². The smallest absolute Gasteiger partial charge is 0.387 e. The Balaban J connectivity index is 2.88. The van der Waals surface area contributed by atoms with Gasteiger partial charge in [0.25, 0.3) is 6.43 Å². The predicted octanol–water partition coefficient (Wildman–Crippen LogP) is 3.43. The highest BCUT2D eigenvalue weighted by Gasteiger charge is 2.31. The first kappa shape index (κ1) is 13.9. The lowest BCUT2D eigenvalue weighted by atomic mass is 9.94. The Hall–Kier alpha value is -1.17. The van der Waals surface area contributed by atoms with Gasteiger partial charge in [0.05, 0.1) is 5.56 Å². The lowest BCUT2D eigenvalue weighted by molar-refractivity contribution is -0.137. The molecule has 1 aromatic carbocycles. The normalized spacial score (nSPS) is 16.0. The van der Waals surface area contributed by atoms with Gasteiger partial charge in [-0.15, -0.1) is 0 Å². The zero-order valence-corrected chi connectivity index (χ0v) is 8.88. The van der Waals surface area contributed by atoms with Crippen molar-refractivity contribution in [1.29, 1.82) is 0 Å². The second kappa shape index (κ2) is 5.00. The van der Waals surface area contributed by atoms with Gasteiger partial charge in [-0.1, -0.05) is 19.1 Å². The maximum absolute atomic E-state index is 12.2. The van der Waals surface area contributed by atoms with E-state index in [1.807, 2.05) is 0 Å². The van der Waals surface area contributed by atoms with Gasteiger partial charge < -0.3 is 5.11 Å². The Kier molecular flexibility index (Phi) is 4.08. The molecule has 96 valence electrons. The first-order chi connectivity index (χ1) is 7.73. The van der Waals surface area contributed by atoms with Crippen LogP contribution in [0.4, 0.5) is 22.0 Å². The van der Waals surface area contributed by atoms with E-state index in [1.165, 1.54) is 6.92 Å². The quantitative estimate of drug-likeness (QED) is 0.819. The van der Waals surface area contributed by atoms with Crippen LogP contribution in [-0.4, -0.2) is 17.6 Å². The van der Waals surface area contributed by atoms with Crippen molar-refractivity contribution in [2.24, 2.45) is 0 Å². The molecule has 17 heavy (non-hydrogen) atoms. The van der Waals surface area contributed by atoms with E-state index < -0.39 is 30.2 Å². The highest BCUT2D eigenvalue weighted by molar-refractivity contribution is 5.27. The minimum Gasteiger partial charge on any atom is -0.387 e. The van der Waals surface area contributed by atoms with E-state index in [2.05, 4.69) is 0 Å². The van der Waals surface area contributed by atoms with Crippen LogP contribution in [0.15, 0.2) is 24.3 Å². The molecule has 2 unspecified atom stereocenters. The molecule has 1 aromatic rings. The van der Waals surface area contributed by atoms with Crippen molar-refractivity contribution in [2.45, 2.75) is 31.5 Å². The van der Waals surface area contributed by atoms with Crippen LogP contribution in [-0.2, 0) is 6.18 Å². The number of benzene rings is 1. The van der Waals surface area contributed by atoms with Gasteiger partial charge in [0.2, 0.25) is 0 Å². The van der Waals surface area contributed by atoms with E-state index >= 15 is 0 Å². The number of aliphatic hydroxyl groups is 1. The van der Waals surface area contributed by atoms with Crippen LogP contribution in [0.2, 0.25) is 0 Å². The summed E-state index contributed by atoms with van der Waals surface area (Å²) in [6.45, 7) is 1.33. The lowest BCUT2D eigenvalue weighted by Gasteiger charge is -2.18. The third kappa shape index (κ3) is 3.39. The molecule has 0 bridgehead atoms. The third-order valence-electron chi connectivity index (χ3n) is 2.53.